The zero-order chi connectivity index (χ0) is 15.8. The third-order valence-electron chi connectivity index (χ3n) is 4.35. The van der Waals surface area contributed by atoms with Gasteiger partial charge in [0.2, 0.25) is 5.91 Å². The Kier molecular flexibility index (Phi) is 6.87. The molecule has 1 aromatic rings. The lowest BCUT2D eigenvalue weighted by molar-refractivity contribution is -0.116. The molecule has 0 spiro atoms. The molecule has 122 valence electrons. The maximum Gasteiger partial charge on any atom is 0.224 e. The van der Waals surface area contributed by atoms with Gasteiger partial charge in [0.25, 0.3) is 0 Å². The summed E-state index contributed by atoms with van der Waals surface area (Å²) < 4.78 is 0. The number of nitrogens with zero attached hydrogens (tertiary/aromatic N) is 1. The number of hydrogen-bond donors (Lipinski definition) is 2. The highest BCUT2D eigenvalue weighted by Crippen LogP contribution is 2.19. The molecule has 4 nitrogen and oxygen atoms in total. The molecule has 1 fully saturated rings. The van der Waals surface area contributed by atoms with E-state index in [0.29, 0.717) is 6.42 Å². The molecule has 1 aliphatic heterocycles. The van der Waals surface area contributed by atoms with E-state index in [-0.39, 0.29) is 5.91 Å². The van der Waals surface area contributed by atoms with Gasteiger partial charge in [-0.25, -0.2) is 0 Å². The first kappa shape index (κ1) is 17.0. The molecule has 1 aliphatic rings. The Hall–Kier alpha value is -1.39. The van der Waals surface area contributed by atoms with Crippen molar-refractivity contribution >= 4 is 11.6 Å². The highest BCUT2D eigenvalue weighted by molar-refractivity contribution is 5.90. The number of nitrogens with one attached hydrogen (secondary N) is 2. The Morgan fingerprint density at radius 2 is 1.91 bits per heavy atom. The molecule has 22 heavy (non-hydrogen) atoms. The standard InChI is InChI=1S/C18H29N3O/c1-15-9-12-21(13-10-15)14-16-5-7-17(8-6-16)20-18(22)4-3-11-19-2/h5-8,15,19H,3-4,9-14H2,1-2H3,(H,20,22). The van der Waals surface area contributed by atoms with Crippen LogP contribution in [-0.4, -0.2) is 37.5 Å². The van der Waals surface area contributed by atoms with E-state index in [2.05, 4.69) is 34.6 Å². The van der Waals surface area contributed by atoms with Crippen LogP contribution in [0.25, 0.3) is 0 Å². The van der Waals surface area contributed by atoms with Crippen molar-refractivity contribution in [1.82, 2.24) is 10.2 Å². The zero-order valence-electron chi connectivity index (χ0n) is 13.9. The number of anilines is 1. The monoisotopic (exact) mass is 303 g/mol. The predicted molar refractivity (Wildman–Crippen MR) is 91.9 cm³/mol. The third-order valence-corrected chi connectivity index (χ3v) is 4.35. The van der Waals surface area contributed by atoms with Crippen LogP contribution in [0.2, 0.25) is 0 Å². The lowest BCUT2D eigenvalue weighted by Gasteiger charge is -2.30. The Morgan fingerprint density at radius 3 is 2.55 bits per heavy atom. The van der Waals surface area contributed by atoms with Gasteiger partial charge in [-0.3, -0.25) is 9.69 Å². The average Bonchev–Trinajstić information content (AvgIpc) is 2.52. The maximum absolute atomic E-state index is 11.8. The molecule has 1 saturated heterocycles. The number of rotatable bonds is 7. The van der Waals surface area contributed by atoms with Crippen LogP contribution < -0.4 is 10.6 Å². The second-order valence-corrected chi connectivity index (χ2v) is 6.41. The van der Waals surface area contributed by atoms with Crippen LogP contribution >= 0.6 is 0 Å². The normalized spacial score (nSPS) is 16.6. The van der Waals surface area contributed by atoms with E-state index in [4.69, 9.17) is 0 Å². The average molecular weight is 303 g/mol. The number of hydrogen-bond acceptors (Lipinski definition) is 3. The van der Waals surface area contributed by atoms with E-state index in [1.165, 1.54) is 31.5 Å². The van der Waals surface area contributed by atoms with Crippen LogP contribution in [0.3, 0.4) is 0 Å². The molecular weight excluding hydrogens is 274 g/mol. The summed E-state index contributed by atoms with van der Waals surface area (Å²) in [5.74, 6) is 0.963. The van der Waals surface area contributed by atoms with Crippen LogP contribution in [0.4, 0.5) is 5.69 Å². The van der Waals surface area contributed by atoms with E-state index in [0.717, 1.165) is 31.1 Å². The van der Waals surface area contributed by atoms with E-state index < -0.39 is 0 Å². The summed E-state index contributed by atoms with van der Waals surface area (Å²) in [4.78, 5) is 14.3. The largest absolute Gasteiger partial charge is 0.326 e. The molecule has 4 heteroatoms. The van der Waals surface area contributed by atoms with Gasteiger partial charge in [-0.1, -0.05) is 19.1 Å². The Labute approximate surface area is 134 Å². The van der Waals surface area contributed by atoms with E-state index in [1.54, 1.807) is 0 Å². The number of carbonyl (C=O) groups excluding carboxylic acids is 1. The summed E-state index contributed by atoms with van der Waals surface area (Å²) in [6.07, 6.45) is 4.05. The molecule has 2 rings (SSSR count). The van der Waals surface area contributed by atoms with Gasteiger partial charge in [-0.05, 0) is 69.6 Å². The van der Waals surface area contributed by atoms with Crippen LogP contribution in [0.15, 0.2) is 24.3 Å². The Bertz CT molecular complexity index is 450. The molecule has 1 heterocycles. The molecule has 1 amide bonds. The fraction of sp³-hybridized carbons (Fsp3) is 0.611. The summed E-state index contributed by atoms with van der Waals surface area (Å²) in [6.45, 7) is 6.63. The van der Waals surface area contributed by atoms with Crippen molar-refractivity contribution in [1.29, 1.82) is 0 Å². The first-order chi connectivity index (χ1) is 10.7. The van der Waals surface area contributed by atoms with Crippen LogP contribution in [0, 0.1) is 5.92 Å². The van der Waals surface area contributed by atoms with E-state index in [1.807, 2.05) is 19.2 Å². The summed E-state index contributed by atoms with van der Waals surface area (Å²) >= 11 is 0. The van der Waals surface area contributed by atoms with Crippen molar-refractivity contribution in [2.24, 2.45) is 5.92 Å². The third kappa shape index (κ3) is 5.78. The SMILES string of the molecule is CNCCCC(=O)Nc1ccc(CN2CCC(C)CC2)cc1. The summed E-state index contributed by atoms with van der Waals surface area (Å²) in [5.41, 5.74) is 2.22. The van der Waals surface area contributed by atoms with Gasteiger partial charge in [0.1, 0.15) is 0 Å². The van der Waals surface area contributed by atoms with Crippen molar-refractivity contribution in [2.75, 3.05) is 32.0 Å². The van der Waals surface area contributed by atoms with Gasteiger partial charge in [-0.15, -0.1) is 0 Å². The molecule has 0 unspecified atom stereocenters. The minimum absolute atomic E-state index is 0.0908. The molecule has 2 N–H and O–H groups in total. The van der Waals surface area contributed by atoms with Crippen molar-refractivity contribution < 1.29 is 4.79 Å². The number of piperidine rings is 1. The molecule has 0 bridgehead atoms. The van der Waals surface area contributed by atoms with Crippen LogP contribution in [0.5, 0.6) is 0 Å². The number of benzene rings is 1. The van der Waals surface area contributed by atoms with Gasteiger partial charge in [0, 0.05) is 18.7 Å². The summed E-state index contributed by atoms with van der Waals surface area (Å²) in [7, 11) is 1.90. The Morgan fingerprint density at radius 1 is 1.23 bits per heavy atom. The number of likely N-dealkylation sites (tertiary alicyclic amines) is 1. The van der Waals surface area contributed by atoms with Crippen molar-refractivity contribution in [3.05, 3.63) is 29.8 Å². The first-order valence-electron chi connectivity index (χ1n) is 8.43. The molecule has 0 aliphatic carbocycles. The number of amides is 1. The lowest BCUT2D eigenvalue weighted by atomic mass is 9.99. The molecule has 1 aromatic carbocycles. The fourth-order valence-corrected chi connectivity index (χ4v) is 2.82. The lowest BCUT2D eigenvalue weighted by Crippen LogP contribution is -2.32. The summed E-state index contributed by atoms with van der Waals surface area (Å²) in [6, 6.07) is 8.28. The molecule has 0 aromatic heterocycles. The molecule has 0 atom stereocenters. The molecule has 0 saturated carbocycles. The maximum atomic E-state index is 11.8. The van der Waals surface area contributed by atoms with Gasteiger partial charge in [0.05, 0.1) is 0 Å². The van der Waals surface area contributed by atoms with Gasteiger partial charge in [-0.2, -0.15) is 0 Å². The van der Waals surface area contributed by atoms with Gasteiger partial charge < -0.3 is 10.6 Å². The van der Waals surface area contributed by atoms with Gasteiger partial charge in [0.15, 0.2) is 0 Å². The zero-order valence-corrected chi connectivity index (χ0v) is 13.9. The number of carbonyl (C=O) groups is 1. The first-order valence-corrected chi connectivity index (χ1v) is 8.43. The van der Waals surface area contributed by atoms with Crippen molar-refractivity contribution in [3.8, 4) is 0 Å². The van der Waals surface area contributed by atoms with Crippen molar-refractivity contribution in [2.45, 2.75) is 39.2 Å². The smallest absolute Gasteiger partial charge is 0.224 e. The second-order valence-electron chi connectivity index (χ2n) is 6.41. The minimum atomic E-state index is 0.0908. The van der Waals surface area contributed by atoms with Crippen LogP contribution in [0.1, 0.15) is 38.2 Å². The predicted octanol–water partition coefficient (Wildman–Crippen LogP) is 2.86. The van der Waals surface area contributed by atoms with Gasteiger partial charge >= 0.3 is 0 Å². The quantitative estimate of drug-likeness (QED) is 0.761. The van der Waals surface area contributed by atoms with Crippen LogP contribution in [-0.2, 0) is 11.3 Å². The summed E-state index contributed by atoms with van der Waals surface area (Å²) in [5, 5.41) is 6.01. The fourth-order valence-electron chi connectivity index (χ4n) is 2.82. The highest BCUT2D eigenvalue weighted by atomic mass is 16.1. The Balaban J connectivity index is 1.76. The van der Waals surface area contributed by atoms with Crippen molar-refractivity contribution in [3.63, 3.8) is 0 Å². The highest BCUT2D eigenvalue weighted by Gasteiger charge is 2.15. The molecular formula is C18H29N3O. The second kappa shape index (κ2) is 8.91. The molecule has 0 radical (unpaired) electrons. The van der Waals surface area contributed by atoms with E-state index in [9.17, 15) is 4.79 Å². The topological polar surface area (TPSA) is 44.4 Å². The van der Waals surface area contributed by atoms with E-state index >= 15 is 0 Å². The minimum Gasteiger partial charge on any atom is -0.326 e.